The standard InChI is InChI=1S/C43H25N3OS/c1-2-9-24(10-3-1)41-44-42(25-17-22-37-33(23-25)26-11-5-7-16-36(26)48-37)46-43(45-41)30-18-19-32-38-27(13-8-14-28(30)38)29-20-21-35-40(39(29)32)31-12-4-6-15-34(31)47-35/h1-23,35,40H. The highest BCUT2D eigenvalue weighted by Gasteiger charge is 2.42. The summed E-state index contributed by atoms with van der Waals surface area (Å²) in [7, 11) is 0. The Kier molecular flexibility index (Phi) is 5.35. The molecule has 2 atom stereocenters. The van der Waals surface area contributed by atoms with Crippen molar-refractivity contribution in [1.82, 2.24) is 15.0 Å². The van der Waals surface area contributed by atoms with Crippen LogP contribution in [0.4, 0.5) is 0 Å². The summed E-state index contributed by atoms with van der Waals surface area (Å²) in [6.45, 7) is 0. The lowest BCUT2D eigenvalue weighted by Crippen LogP contribution is -2.19. The van der Waals surface area contributed by atoms with E-state index in [1.54, 1.807) is 0 Å². The van der Waals surface area contributed by atoms with Crippen LogP contribution in [0.3, 0.4) is 0 Å². The van der Waals surface area contributed by atoms with Crippen LogP contribution in [-0.2, 0) is 0 Å². The molecule has 0 amide bonds. The van der Waals surface area contributed by atoms with E-state index in [0.717, 1.165) is 27.8 Å². The van der Waals surface area contributed by atoms with Crippen LogP contribution in [0.1, 0.15) is 22.6 Å². The summed E-state index contributed by atoms with van der Waals surface area (Å²) in [5.74, 6) is 3.15. The lowest BCUT2D eigenvalue weighted by atomic mass is 9.80. The monoisotopic (exact) mass is 631 g/mol. The van der Waals surface area contributed by atoms with Crippen LogP contribution in [0, 0.1) is 0 Å². The van der Waals surface area contributed by atoms with Crippen molar-refractivity contribution < 1.29 is 4.74 Å². The number of fused-ring (bicyclic) bond motifs is 9. The molecule has 3 heterocycles. The van der Waals surface area contributed by atoms with Crippen molar-refractivity contribution in [3.63, 3.8) is 0 Å². The molecule has 5 heteroatoms. The average molecular weight is 632 g/mol. The smallest absolute Gasteiger partial charge is 0.164 e. The minimum absolute atomic E-state index is 0.00222. The highest BCUT2D eigenvalue weighted by Crippen LogP contribution is 2.56. The Balaban J connectivity index is 1.11. The Morgan fingerprint density at radius 2 is 1.29 bits per heavy atom. The van der Waals surface area contributed by atoms with Gasteiger partial charge in [-0.1, -0.05) is 97.1 Å². The number of aromatic nitrogens is 3. The molecular weight excluding hydrogens is 607 g/mol. The lowest BCUT2D eigenvalue weighted by Gasteiger charge is -2.23. The lowest BCUT2D eigenvalue weighted by molar-refractivity contribution is 0.272. The third-order valence-corrected chi connectivity index (χ3v) is 11.2. The summed E-state index contributed by atoms with van der Waals surface area (Å²) in [5.41, 5.74) is 9.36. The topological polar surface area (TPSA) is 47.9 Å². The van der Waals surface area contributed by atoms with E-state index in [1.807, 2.05) is 29.5 Å². The molecule has 1 aliphatic heterocycles. The SMILES string of the molecule is C1=CC2Oc3ccccc3C2C2=C1c1cccc3c(-c4nc(-c5ccccc5)nc(-c5ccc6sc7ccccc7c6c5)n4)ccc2c13. The summed E-state index contributed by atoms with van der Waals surface area (Å²) in [5, 5.41) is 4.88. The molecule has 11 rings (SSSR count). The normalized spacial score (nSPS) is 17.2. The zero-order chi connectivity index (χ0) is 31.3. The molecule has 0 fully saturated rings. The number of rotatable bonds is 3. The van der Waals surface area contributed by atoms with Gasteiger partial charge in [0.1, 0.15) is 11.9 Å². The van der Waals surface area contributed by atoms with E-state index in [-0.39, 0.29) is 12.0 Å². The van der Waals surface area contributed by atoms with Gasteiger partial charge in [-0.05, 0) is 75.5 Å². The second kappa shape index (κ2) is 9.80. The molecule has 48 heavy (non-hydrogen) atoms. The molecule has 0 radical (unpaired) electrons. The van der Waals surface area contributed by atoms with E-state index in [0.29, 0.717) is 17.5 Å². The maximum atomic E-state index is 6.42. The molecule has 224 valence electrons. The number of para-hydroxylation sites is 1. The fourth-order valence-corrected chi connectivity index (χ4v) is 9.05. The highest BCUT2D eigenvalue weighted by molar-refractivity contribution is 7.25. The first-order valence-electron chi connectivity index (χ1n) is 16.3. The van der Waals surface area contributed by atoms with Crippen LogP contribution >= 0.6 is 11.3 Å². The van der Waals surface area contributed by atoms with Gasteiger partial charge in [0, 0.05) is 42.4 Å². The van der Waals surface area contributed by atoms with Crippen LogP contribution in [-0.4, -0.2) is 21.1 Å². The van der Waals surface area contributed by atoms with Gasteiger partial charge in [-0.3, -0.25) is 0 Å². The summed E-state index contributed by atoms with van der Waals surface area (Å²) < 4.78 is 8.95. The average Bonchev–Trinajstić information content (AvgIpc) is 3.82. The molecule has 2 aliphatic carbocycles. The van der Waals surface area contributed by atoms with Crippen molar-refractivity contribution >= 4 is 53.4 Å². The molecule has 2 unspecified atom stereocenters. The second-order valence-electron chi connectivity index (χ2n) is 12.7. The second-order valence-corrected chi connectivity index (χ2v) is 13.7. The van der Waals surface area contributed by atoms with Gasteiger partial charge >= 0.3 is 0 Å². The largest absolute Gasteiger partial charge is 0.485 e. The van der Waals surface area contributed by atoms with Crippen molar-refractivity contribution in [2.75, 3.05) is 0 Å². The Morgan fingerprint density at radius 3 is 2.23 bits per heavy atom. The first-order chi connectivity index (χ1) is 23.8. The number of allylic oxidation sites excluding steroid dienone is 2. The van der Waals surface area contributed by atoms with E-state index in [1.165, 1.54) is 53.4 Å². The first-order valence-corrected chi connectivity index (χ1v) is 17.1. The number of benzene rings is 6. The highest BCUT2D eigenvalue weighted by atomic mass is 32.1. The van der Waals surface area contributed by atoms with Gasteiger partial charge in [-0.2, -0.15) is 0 Å². The van der Waals surface area contributed by atoms with Gasteiger partial charge in [-0.15, -0.1) is 11.3 Å². The molecule has 0 N–H and O–H groups in total. The zero-order valence-electron chi connectivity index (χ0n) is 25.6. The molecule has 0 saturated carbocycles. The van der Waals surface area contributed by atoms with Gasteiger partial charge in [0.2, 0.25) is 0 Å². The van der Waals surface area contributed by atoms with Crippen molar-refractivity contribution in [2.24, 2.45) is 0 Å². The Labute approximate surface area is 280 Å². The molecule has 0 saturated heterocycles. The minimum atomic E-state index is 0.00222. The van der Waals surface area contributed by atoms with Crippen LogP contribution < -0.4 is 4.74 Å². The fourth-order valence-electron chi connectivity index (χ4n) is 7.96. The van der Waals surface area contributed by atoms with Gasteiger partial charge in [0.25, 0.3) is 0 Å². The molecule has 0 spiro atoms. The number of hydrogen-bond donors (Lipinski definition) is 0. The molecule has 0 bridgehead atoms. The van der Waals surface area contributed by atoms with Crippen LogP contribution in [0.5, 0.6) is 5.75 Å². The predicted molar refractivity (Wildman–Crippen MR) is 196 cm³/mol. The summed E-state index contributed by atoms with van der Waals surface area (Å²) in [6, 6.07) is 44.9. The van der Waals surface area contributed by atoms with E-state index in [4.69, 9.17) is 19.7 Å². The number of hydrogen-bond acceptors (Lipinski definition) is 5. The van der Waals surface area contributed by atoms with Crippen LogP contribution in [0.15, 0.2) is 140 Å². The maximum Gasteiger partial charge on any atom is 0.164 e. The number of nitrogens with zero attached hydrogens (tertiary/aromatic N) is 3. The van der Waals surface area contributed by atoms with Crippen molar-refractivity contribution in [3.8, 4) is 39.9 Å². The third kappa shape index (κ3) is 3.68. The van der Waals surface area contributed by atoms with Gasteiger partial charge in [-0.25, -0.2) is 15.0 Å². The Bertz CT molecular complexity index is 2720. The summed E-state index contributed by atoms with van der Waals surface area (Å²) >= 11 is 1.82. The summed E-state index contributed by atoms with van der Waals surface area (Å²) in [4.78, 5) is 15.4. The minimum Gasteiger partial charge on any atom is -0.485 e. The molecule has 8 aromatic rings. The molecule has 3 aliphatic rings. The van der Waals surface area contributed by atoms with Crippen LogP contribution in [0.25, 0.3) is 76.3 Å². The number of ether oxygens (including phenoxy) is 1. The summed E-state index contributed by atoms with van der Waals surface area (Å²) in [6.07, 6.45) is 4.49. The quantitative estimate of drug-likeness (QED) is 0.195. The zero-order valence-corrected chi connectivity index (χ0v) is 26.4. The predicted octanol–water partition coefficient (Wildman–Crippen LogP) is 10.7. The van der Waals surface area contributed by atoms with Gasteiger partial charge in [0.05, 0.1) is 5.92 Å². The first kappa shape index (κ1) is 26.2. The van der Waals surface area contributed by atoms with Crippen molar-refractivity contribution in [3.05, 3.63) is 156 Å². The van der Waals surface area contributed by atoms with Crippen LogP contribution in [0.2, 0.25) is 0 Å². The van der Waals surface area contributed by atoms with Crippen molar-refractivity contribution in [2.45, 2.75) is 12.0 Å². The van der Waals surface area contributed by atoms with Gasteiger partial charge in [0.15, 0.2) is 17.5 Å². The van der Waals surface area contributed by atoms with E-state index in [9.17, 15) is 0 Å². The Morgan fingerprint density at radius 1 is 0.542 bits per heavy atom. The molecule has 6 aromatic carbocycles. The van der Waals surface area contributed by atoms with Gasteiger partial charge < -0.3 is 4.74 Å². The number of thiophene rings is 1. The van der Waals surface area contributed by atoms with Crippen molar-refractivity contribution in [1.29, 1.82) is 0 Å². The van der Waals surface area contributed by atoms with E-state index < -0.39 is 0 Å². The van der Waals surface area contributed by atoms with E-state index >= 15 is 0 Å². The molecule has 2 aromatic heterocycles. The van der Waals surface area contributed by atoms with E-state index in [2.05, 4.69) is 121 Å². The fraction of sp³-hybridized carbons (Fsp3) is 0.0465. The Hall–Kier alpha value is -5.91. The third-order valence-electron chi connectivity index (χ3n) is 10.1. The molecular formula is C43H25N3OS. The molecule has 4 nitrogen and oxygen atoms in total. The maximum absolute atomic E-state index is 6.42.